The van der Waals surface area contributed by atoms with Crippen LogP contribution < -0.4 is 4.73 Å². The van der Waals surface area contributed by atoms with Gasteiger partial charge in [0, 0.05) is 23.9 Å². The zero-order valence-electron chi connectivity index (χ0n) is 22.7. The Morgan fingerprint density at radius 2 is 1.38 bits per heavy atom. The number of hydrogen-bond acceptors (Lipinski definition) is 6. The van der Waals surface area contributed by atoms with Crippen LogP contribution in [0.25, 0.3) is 5.69 Å². The van der Waals surface area contributed by atoms with E-state index in [4.69, 9.17) is 34.8 Å². The van der Waals surface area contributed by atoms with Gasteiger partial charge >= 0.3 is 12.4 Å². The number of pyridine rings is 1. The Morgan fingerprint density at radius 1 is 0.830 bits per heavy atom. The molecule has 0 aliphatic rings. The lowest BCUT2D eigenvalue weighted by Gasteiger charge is -2.15. The number of nitrogens with one attached hydrogen (secondary N) is 1. The van der Waals surface area contributed by atoms with E-state index >= 15 is 0 Å². The molecule has 47 heavy (non-hydrogen) atoms. The van der Waals surface area contributed by atoms with Crippen LogP contribution in [-0.4, -0.2) is 31.3 Å². The van der Waals surface area contributed by atoms with Gasteiger partial charge in [-0.25, -0.2) is 0 Å². The highest BCUT2D eigenvalue weighted by molar-refractivity contribution is 7.99. The van der Waals surface area contributed by atoms with Crippen molar-refractivity contribution in [1.82, 2.24) is 9.55 Å². The van der Waals surface area contributed by atoms with Gasteiger partial charge in [0.2, 0.25) is 11.6 Å². The van der Waals surface area contributed by atoms with E-state index in [0.29, 0.717) is 52.9 Å². The number of aromatic nitrogens is 3. The summed E-state index contributed by atoms with van der Waals surface area (Å²) in [6.07, 6.45) is -8.57. The Bertz CT molecular complexity index is 2080. The normalized spacial score (nSPS) is 12.0. The molecule has 0 spiro atoms. The molecule has 18 heteroatoms. The quantitative estimate of drug-likeness (QED) is 0.0667. The van der Waals surface area contributed by atoms with Gasteiger partial charge in [-0.2, -0.15) is 31.1 Å². The molecule has 0 atom stereocenters. The molecule has 0 bridgehead atoms. The third-order valence-corrected chi connectivity index (χ3v) is 8.87. The van der Waals surface area contributed by atoms with Gasteiger partial charge in [0.05, 0.1) is 38.7 Å². The minimum absolute atomic E-state index is 0.0175. The molecule has 2 aromatic carbocycles. The SMILES string of the molecule is O=C(c1ccc(C(F)(F)F)cc1O)c1[nH]c(Cl)c(Cl)c1-n1c(C(=O)c2ccc(C(F)(F)F)cc2O)cc(Cl)c1Sc1cccc[n+]1[O-]. The number of ketones is 2. The number of H-pyrrole nitrogens is 1. The van der Waals surface area contributed by atoms with Gasteiger partial charge in [0.15, 0.2) is 6.20 Å². The zero-order valence-corrected chi connectivity index (χ0v) is 25.8. The highest BCUT2D eigenvalue weighted by atomic mass is 35.5. The van der Waals surface area contributed by atoms with Gasteiger partial charge in [-0.1, -0.05) is 34.8 Å². The third kappa shape index (κ3) is 6.48. The summed E-state index contributed by atoms with van der Waals surface area (Å²) in [7, 11) is 0. The van der Waals surface area contributed by atoms with E-state index in [1.807, 2.05) is 0 Å². The summed E-state index contributed by atoms with van der Waals surface area (Å²) >= 11 is 19.9. The number of nitrogens with zero attached hydrogens (tertiary/aromatic N) is 2. The summed E-state index contributed by atoms with van der Waals surface area (Å²) in [5.74, 6) is -4.42. The summed E-state index contributed by atoms with van der Waals surface area (Å²) in [6.45, 7) is 0. The van der Waals surface area contributed by atoms with Crippen molar-refractivity contribution in [3.05, 3.63) is 121 Å². The molecule has 0 radical (unpaired) electrons. The van der Waals surface area contributed by atoms with Gasteiger partial charge in [0.25, 0.3) is 5.03 Å². The fourth-order valence-corrected chi connectivity index (χ4v) is 6.07. The first-order chi connectivity index (χ1) is 21.9. The highest BCUT2D eigenvalue weighted by Crippen LogP contribution is 2.44. The first kappa shape index (κ1) is 34.0. The van der Waals surface area contributed by atoms with Crippen LogP contribution in [0.1, 0.15) is 43.2 Å². The summed E-state index contributed by atoms with van der Waals surface area (Å²) in [5.41, 5.74) is -5.29. The van der Waals surface area contributed by atoms with Crippen molar-refractivity contribution in [2.75, 3.05) is 0 Å². The van der Waals surface area contributed by atoms with Crippen LogP contribution >= 0.6 is 46.6 Å². The molecule has 244 valence electrons. The van der Waals surface area contributed by atoms with Crippen LogP contribution in [0.5, 0.6) is 11.5 Å². The topological polar surface area (TPSA) is 122 Å². The Labute approximate surface area is 278 Å². The van der Waals surface area contributed by atoms with Crippen molar-refractivity contribution < 1.29 is 50.9 Å². The second kappa shape index (κ2) is 12.4. The molecule has 0 aliphatic carbocycles. The average molecular weight is 737 g/mol. The molecule has 5 rings (SSSR count). The van der Waals surface area contributed by atoms with Crippen molar-refractivity contribution >= 4 is 58.1 Å². The molecular formula is C29H14Cl3F6N3O5S. The fourth-order valence-electron chi connectivity index (χ4n) is 4.42. The molecule has 0 fully saturated rings. The average Bonchev–Trinajstić information content (AvgIpc) is 3.46. The Kier molecular flexibility index (Phi) is 8.96. The van der Waals surface area contributed by atoms with Crippen LogP contribution in [-0.2, 0) is 12.4 Å². The van der Waals surface area contributed by atoms with Crippen LogP contribution in [0.2, 0.25) is 15.2 Å². The fraction of sp³-hybridized carbons (Fsp3) is 0.0690. The largest absolute Gasteiger partial charge is 0.618 e. The number of aromatic hydroxyl groups is 2. The lowest BCUT2D eigenvalue weighted by Crippen LogP contribution is -2.27. The Balaban J connectivity index is 1.75. The van der Waals surface area contributed by atoms with E-state index in [-0.39, 0.29) is 15.1 Å². The first-order valence-corrected chi connectivity index (χ1v) is 14.6. The molecule has 0 aliphatic heterocycles. The maximum atomic E-state index is 13.8. The zero-order chi connectivity index (χ0) is 34.6. The van der Waals surface area contributed by atoms with Crippen LogP contribution in [0, 0.1) is 5.21 Å². The Hall–Kier alpha value is -4.31. The molecular weight excluding hydrogens is 723 g/mol. The van der Waals surface area contributed by atoms with Crippen molar-refractivity contribution in [2.45, 2.75) is 22.4 Å². The van der Waals surface area contributed by atoms with Crippen molar-refractivity contribution in [3.63, 3.8) is 0 Å². The summed E-state index contributed by atoms with van der Waals surface area (Å²) < 4.78 is 80.7. The highest BCUT2D eigenvalue weighted by Gasteiger charge is 2.36. The van der Waals surface area contributed by atoms with Crippen molar-refractivity contribution in [2.24, 2.45) is 0 Å². The molecule has 0 saturated carbocycles. The van der Waals surface area contributed by atoms with Crippen LogP contribution in [0.15, 0.2) is 76.9 Å². The molecule has 0 unspecified atom stereocenters. The maximum Gasteiger partial charge on any atom is 0.416 e. The molecule has 3 N–H and O–H groups in total. The number of phenolic OH excluding ortho intramolecular Hbond substituents is 2. The number of aromatic amines is 1. The number of hydrogen-bond donors (Lipinski definition) is 3. The van der Waals surface area contributed by atoms with Crippen molar-refractivity contribution in [1.29, 1.82) is 0 Å². The monoisotopic (exact) mass is 735 g/mol. The van der Waals surface area contributed by atoms with Gasteiger partial charge in [0.1, 0.15) is 32.4 Å². The van der Waals surface area contributed by atoms with E-state index < -0.39 is 84.9 Å². The number of halogens is 9. The van der Waals surface area contributed by atoms with E-state index in [9.17, 15) is 51.4 Å². The lowest BCUT2D eigenvalue weighted by atomic mass is 10.0. The molecule has 3 aromatic heterocycles. The number of carbonyl (C=O) groups is 2. The first-order valence-electron chi connectivity index (χ1n) is 12.6. The molecule has 3 heterocycles. The van der Waals surface area contributed by atoms with E-state index in [0.717, 1.165) is 16.8 Å². The summed E-state index contributed by atoms with van der Waals surface area (Å²) in [5, 5.41) is 32.1. The van der Waals surface area contributed by atoms with Gasteiger partial charge in [-0.3, -0.25) is 14.2 Å². The second-order valence-electron chi connectivity index (χ2n) is 9.58. The minimum Gasteiger partial charge on any atom is -0.618 e. The standard InChI is InChI=1S/C29H14Cl3F6N3O5S/c30-16-11-17(24(44)14-6-4-12(9-18(14)42)28(33,34)35)41(27(16)47-20-3-1-2-8-40(20)46)23-21(31)26(32)39-22(23)25(45)15-7-5-13(10-19(15)43)29(36,37)38/h1-11,39,42-43H. The summed E-state index contributed by atoms with van der Waals surface area (Å²) in [4.78, 5) is 30.0. The summed E-state index contributed by atoms with van der Waals surface area (Å²) in [6, 6.07) is 8.43. The molecule has 5 aromatic rings. The minimum atomic E-state index is -4.86. The smallest absolute Gasteiger partial charge is 0.416 e. The van der Waals surface area contributed by atoms with E-state index in [2.05, 4.69) is 4.98 Å². The number of carbonyl (C=O) groups excluding carboxylic acids is 2. The van der Waals surface area contributed by atoms with E-state index in [1.54, 1.807) is 0 Å². The third-order valence-electron chi connectivity index (χ3n) is 6.60. The number of benzene rings is 2. The van der Waals surface area contributed by atoms with Crippen molar-refractivity contribution in [3.8, 4) is 17.2 Å². The maximum absolute atomic E-state index is 13.8. The Morgan fingerprint density at radius 3 is 1.89 bits per heavy atom. The second-order valence-corrected chi connectivity index (χ2v) is 11.8. The number of rotatable bonds is 7. The molecule has 0 amide bonds. The molecule has 8 nitrogen and oxygen atoms in total. The van der Waals surface area contributed by atoms with Crippen LogP contribution in [0.4, 0.5) is 26.3 Å². The van der Waals surface area contributed by atoms with E-state index in [1.165, 1.54) is 18.2 Å². The molecule has 0 saturated heterocycles. The van der Waals surface area contributed by atoms with Crippen LogP contribution in [0.3, 0.4) is 0 Å². The predicted octanol–water partition coefficient (Wildman–Crippen LogP) is 8.46. The lowest BCUT2D eigenvalue weighted by molar-refractivity contribution is -0.645. The van der Waals surface area contributed by atoms with Gasteiger partial charge < -0.3 is 20.4 Å². The predicted molar refractivity (Wildman–Crippen MR) is 158 cm³/mol. The number of phenols is 2. The number of alkyl halides is 6. The van der Waals surface area contributed by atoms with Gasteiger partial charge in [-0.15, -0.1) is 0 Å². The van der Waals surface area contributed by atoms with Gasteiger partial charge in [-0.05, 0) is 48.5 Å².